The molecule has 0 bridgehead atoms. The van der Waals surface area contributed by atoms with Crippen molar-refractivity contribution >= 4 is 28.7 Å². The Bertz CT molecular complexity index is 1200. The second-order valence-corrected chi connectivity index (χ2v) is 7.63. The van der Waals surface area contributed by atoms with Crippen LogP contribution in [0.2, 0.25) is 0 Å². The Hall–Kier alpha value is -3.81. The number of likely N-dealkylation sites (N-methyl/N-ethyl adjacent to an activating group) is 1. The highest BCUT2D eigenvalue weighted by molar-refractivity contribution is 6.08. The molecule has 2 aliphatic heterocycles. The van der Waals surface area contributed by atoms with Crippen molar-refractivity contribution in [1.82, 2.24) is 24.7 Å². The zero-order valence-electron chi connectivity index (χ0n) is 17.1. The molecular weight excluding hydrogens is 394 g/mol. The molecule has 8 heteroatoms. The lowest BCUT2D eigenvalue weighted by Gasteiger charge is -2.35. The molecule has 5 rings (SSSR count). The van der Waals surface area contributed by atoms with Gasteiger partial charge in [0.1, 0.15) is 6.04 Å². The van der Waals surface area contributed by atoms with Gasteiger partial charge < -0.3 is 9.80 Å². The molecule has 8 nitrogen and oxygen atoms in total. The van der Waals surface area contributed by atoms with Crippen LogP contribution < -0.4 is 0 Å². The lowest BCUT2D eigenvalue weighted by atomic mass is 10.0. The Morgan fingerprint density at radius 1 is 1.10 bits per heavy atom. The Balaban J connectivity index is 1.52. The van der Waals surface area contributed by atoms with Crippen LogP contribution in [0.4, 0.5) is 4.79 Å². The standard InChI is InChI=1S/C23H21N5O3/c1-2-27-22(30)20-14-26(11-12-28(20)23(27)31)21(29)17-13-19(15-7-9-24-10-8-15)25-18-6-4-3-5-16(17)18/h3-10,13,20H,2,11-12,14H2,1H3/t20-/m1/s1. The van der Waals surface area contributed by atoms with Gasteiger partial charge in [0.15, 0.2) is 0 Å². The Kier molecular flexibility index (Phi) is 4.62. The normalized spacial score (nSPS) is 18.6. The number of rotatable bonds is 3. The third kappa shape index (κ3) is 3.11. The summed E-state index contributed by atoms with van der Waals surface area (Å²) in [5.74, 6) is -0.397. The lowest BCUT2D eigenvalue weighted by Crippen LogP contribution is -2.54. The number of hydrogen-bond donors (Lipinski definition) is 0. The van der Waals surface area contributed by atoms with Crippen LogP contribution in [0.15, 0.2) is 54.9 Å². The molecule has 2 saturated heterocycles. The molecule has 1 atom stereocenters. The van der Waals surface area contributed by atoms with E-state index in [1.807, 2.05) is 36.4 Å². The highest BCUT2D eigenvalue weighted by atomic mass is 16.2. The maximum atomic E-state index is 13.6. The van der Waals surface area contributed by atoms with Crippen LogP contribution in [0.3, 0.4) is 0 Å². The fourth-order valence-electron chi connectivity index (χ4n) is 4.32. The summed E-state index contributed by atoms with van der Waals surface area (Å²) in [7, 11) is 0. The van der Waals surface area contributed by atoms with Crippen LogP contribution in [-0.4, -0.2) is 74.7 Å². The Morgan fingerprint density at radius 3 is 2.65 bits per heavy atom. The first kappa shape index (κ1) is 19.2. The summed E-state index contributed by atoms with van der Waals surface area (Å²) < 4.78 is 0. The van der Waals surface area contributed by atoms with Crippen molar-refractivity contribution in [2.45, 2.75) is 13.0 Å². The lowest BCUT2D eigenvalue weighted by molar-refractivity contribution is -0.129. The first-order valence-corrected chi connectivity index (χ1v) is 10.3. The summed E-state index contributed by atoms with van der Waals surface area (Å²) in [6.07, 6.45) is 3.38. The van der Waals surface area contributed by atoms with Gasteiger partial charge in [0.2, 0.25) is 0 Å². The summed E-state index contributed by atoms with van der Waals surface area (Å²) in [4.78, 5) is 51.9. The van der Waals surface area contributed by atoms with Crippen molar-refractivity contribution in [2.24, 2.45) is 0 Å². The molecule has 4 amide bonds. The highest BCUT2D eigenvalue weighted by Crippen LogP contribution is 2.28. The van der Waals surface area contributed by atoms with Gasteiger partial charge in [0.05, 0.1) is 23.3 Å². The predicted molar refractivity (Wildman–Crippen MR) is 114 cm³/mol. The number of amides is 4. The second-order valence-electron chi connectivity index (χ2n) is 7.63. The topological polar surface area (TPSA) is 86.7 Å². The van der Waals surface area contributed by atoms with E-state index in [2.05, 4.69) is 4.98 Å². The first-order valence-electron chi connectivity index (χ1n) is 10.3. The van der Waals surface area contributed by atoms with Gasteiger partial charge in [-0.05, 0) is 31.2 Å². The zero-order chi connectivity index (χ0) is 21.5. The smallest absolute Gasteiger partial charge is 0.327 e. The van der Waals surface area contributed by atoms with Gasteiger partial charge in [-0.3, -0.25) is 19.5 Å². The molecule has 4 heterocycles. The molecule has 0 N–H and O–H groups in total. The van der Waals surface area contributed by atoms with Crippen LogP contribution in [0.5, 0.6) is 0 Å². The summed E-state index contributed by atoms with van der Waals surface area (Å²) in [5, 5.41) is 0.761. The molecule has 2 aliphatic rings. The number of piperazine rings is 1. The van der Waals surface area contributed by atoms with Crippen molar-refractivity contribution in [1.29, 1.82) is 0 Å². The van der Waals surface area contributed by atoms with Gasteiger partial charge in [-0.15, -0.1) is 0 Å². The predicted octanol–water partition coefficient (Wildman–Crippen LogP) is 2.41. The van der Waals surface area contributed by atoms with Gasteiger partial charge in [0, 0.05) is 43.0 Å². The molecular formula is C23H21N5O3. The number of fused-ring (bicyclic) bond motifs is 2. The minimum absolute atomic E-state index is 0.163. The third-order valence-electron chi connectivity index (χ3n) is 5.93. The number of hydrogen-bond acceptors (Lipinski definition) is 5. The fraction of sp³-hybridized carbons (Fsp3) is 0.261. The zero-order valence-corrected chi connectivity index (χ0v) is 17.1. The molecule has 2 fully saturated rings. The monoisotopic (exact) mass is 415 g/mol. The number of para-hydroxylation sites is 1. The summed E-state index contributed by atoms with van der Waals surface area (Å²) >= 11 is 0. The van der Waals surface area contributed by atoms with Crippen LogP contribution >= 0.6 is 0 Å². The van der Waals surface area contributed by atoms with Crippen molar-refractivity contribution in [2.75, 3.05) is 26.2 Å². The maximum Gasteiger partial charge on any atom is 0.327 e. The number of pyridine rings is 2. The summed E-state index contributed by atoms with van der Waals surface area (Å²) in [5.41, 5.74) is 2.82. The highest BCUT2D eigenvalue weighted by Gasteiger charge is 2.47. The van der Waals surface area contributed by atoms with Crippen molar-refractivity contribution in [3.05, 3.63) is 60.4 Å². The van der Waals surface area contributed by atoms with Crippen molar-refractivity contribution < 1.29 is 14.4 Å². The Labute approximate surface area is 179 Å². The third-order valence-corrected chi connectivity index (χ3v) is 5.93. The first-order chi connectivity index (χ1) is 15.1. The van der Waals surface area contributed by atoms with Gasteiger partial charge in [-0.25, -0.2) is 9.78 Å². The van der Waals surface area contributed by atoms with Crippen molar-refractivity contribution in [3.63, 3.8) is 0 Å². The number of carbonyl (C=O) groups excluding carboxylic acids is 3. The molecule has 31 heavy (non-hydrogen) atoms. The average molecular weight is 415 g/mol. The molecule has 156 valence electrons. The van der Waals surface area contributed by atoms with Gasteiger partial charge in [-0.2, -0.15) is 0 Å². The van der Waals surface area contributed by atoms with E-state index in [0.29, 0.717) is 30.9 Å². The Morgan fingerprint density at radius 2 is 1.87 bits per heavy atom. The number of urea groups is 1. The average Bonchev–Trinajstić information content (AvgIpc) is 3.07. The number of benzene rings is 1. The minimum atomic E-state index is -0.613. The summed E-state index contributed by atoms with van der Waals surface area (Å²) in [6.45, 7) is 3.04. The number of aromatic nitrogens is 2. The maximum absolute atomic E-state index is 13.6. The van der Waals surface area contributed by atoms with E-state index in [4.69, 9.17) is 4.98 Å². The molecule has 0 aliphatic carbocycles. The van der Waals surface area contributed by atoms with E-state index < -0.39 is 6.04 Å². The second kappa shape index (κ2) is 7.46. The number of carbonyl (C=O) groups is 3. The van der Waals surface area contributed by atoms with E-state index in [-0.39, 0.29) is 24.4 Å². The molecule has 0 unspecified atom stereocenters. The van der Waals surface area contributed by atoms with E-state index >= 15 is 0 Å². The molecule has 1 aromatic carbocycles. The van der Waals surface area contributed by atoms with Crippen LogP contribution in [0.1, 0.15) is 17.3 Å². The fourth-order valence-corrected chi connectivity index (χ4v) is 4.32. The molecule has 0 saturated carbocycles. The quantitative estimate of drug-likeness (QED) is 0.613. The molecule has 2 aromatic heterocycles. The number of imide groups is 1. The molecule has 0 spiro atoms. The largest absolute Gasteiger partial charge is 0.334 e. The van der Waals surface area contributed by atoms with E-state index in [1.54, 1.807) is 35.2 Å². The summed E-state index contributed by atoms with van der Waals surface area (Å²) in [6, 6.07) is 12.2. The number of nitrogens with zero attached hydrogens (tertiary/aromatic N) is 5. The van der Waals surface area contributed by atoms with Crippen LogP contribution in [0, 0.1) is 0 Å². The molecule has 0 radical (unpaired) electrons. The van der Waals surface area contributed by atoms with Gasteiger partial charge >= 0.3 is 6.03 Å². The molecule has 3 aromatic rings. The van der Waals surface area contributed by atoms with Gasteiger partial charge in [0.25, 0.3) is 11.8 Å². The van der Waals surface area contributed by atoms with Crippen molar-refractivity contribution in [3.8, 4) is 11.3 Å². The van der Waals surface area contributed by atoms with Crippen LogP contribution in [0.25, 0.3) is 22.2 Å². The van der Waals surface area contributed by atoms with Gasteiger partial charge in [-0.1, -0.05) is 18.2 Å². The van der Waals surface area contributed by atoms with Crippen LogP contribution in [-0.2, 0) is 4.79 Å². The van der Waals surface area contributed by atoms with E-state index in [0.717, 1.165) is 16.5 Å². The van der Waals surface area contributed by atoms with E-state index in [1.165, 1.54) is 4.90 Å². The van der Waals surface area contributed by atoms with E-state index in [9.17, 15) is 14.4 Å². The minimum Gasteiger partial charge on any atom is -0.334 e. The SMILES string of the molecule is CCN1C(=O)[C@H]2CN(C(=O)c3cc(-c4ccncc4)nc4ccccc34)CCN2C1=O.